The molecule has 0 aromatic carbocycles. The zero-order chi connectivity index (χ0) is 32.2. The van der Waals surface area contributed by atoms with Gasteiger partial charge in [0.15, 0.2) is 0 Å². The summed E-state index contributed by atoms with van der Waals surface area (Å²) in [6.45, 7) is 6.05. The molecule has 3 atom stereocenters. The van der Waals surface area contributed by atoms with E-state index in [9.17, 15) is 28.0 Å². The maximum Gasteiger partial charge on any atom is 1.00 e. The maximum absolute atomic E-state index is 12.5. The van der Waals surface area contributed by atoms with Crippen LogP contribution in [0.25, 0.3) is 0 Å². The largest absolute Gasteiger partial charge is 1.00 e. The van der Waals surface area contributed by atoms with E-state index in [2.05, 4.69) is 30.3 Å². The van der Waals surface area contributed by atoms with Gasteiger partial charge in [-0.2, -0.15) is 0 Å². The van der Waals surface area contributed by atoms with Crippen LogP contribution in [0.1, 0.15) is 168 Å². The van der Waals surface area contributed by atoms with Crippen molar-refractivity contribution in [1.29, 1.82) is 0 Å². The van der Waals surface area contributed by atoms with E-state index in [-0.39, 0.29) is 36.0 Å². The molecular weight excluding hydrogens is 589 g/mol. The molecule has 3 unspecified atom stereocenters. The Kier molecular flexibility index (Phi) is 33.1. The van der Waals surface area contributed by atoms with Crippen molar-refractivity contribution in [3.63, 3.8) is 0 Å². The van der Waals surface area contributed by atoms with Crippen LogP contribution in [-0.4, -0.2) is 53.9 Å². The molecule has 0 rings (SSSR count). The summed E-state index contributed by atoms with van der Waals surface area (Å²) in [5, 5.41) is 23.3. The minimum Gasteiger partial charge on any atom is -0.726 e. The molecule has 256 valence electrons. The van der Waals surface area contributed by atoms with E-state index in [0.29, 0.717) is 6.42 Å². The van der Waals surface area contributed by atoms with Crippen LogP contribution in [0.4, 0.5) is 0 Å². The predicted molar refractivity (Wildman–Crippen MR) is 175 cm³/mol. The Morgan fingerprint density at radius 2 is 1.18 bits per heavy atom. The molecule has 0 aromatic heterocycles. The molecule has 0 aliphatic carbocycles. The van der Waals surface area contributed by atoms with Crippen LogP contribution < -0.4 is 34.9 Å². The van der Waals surface area contributed by atoms with E-state index >= 15 is 0 Å². The van der Waals surface area contributed by atoms with Crippen LogP contribution in [0.5, 0.6) is 0 Å². The van der Waals surface area contributed by atoms with Crippen LogP contribution in [-0.2, 0) is 19.4 Å². The van der Waals surface area contributed by atoms with Gasteiger partial charge < -0.3 is 20.1 Å². The van der Waals surface area contributed by atoms with Crippen LogP contribution in [0.15, 0.2) is 12.2 Å². The Morgan fingerprint density at radius 3 is 1.64 bits per heavy atom. The Morgan fingerprint density at radius 1 is 0.750 bits per heavy atom. The van der Waals surface area contributed by atoms with Gasteiger partial charge in [-0.3, -0.25) is 8.98 Å². The average molecular weight is 656 g/mol. The molecule has 0 spiro atoms. The van der Waals surface area contributed by atoms with E-state index in [1.807, 2.05) is 0 Å². The average Bonchev–Trinajstić information content (AvgIpc) is 2.95. The van der Waals surface area contributed by atoms with E-state index in [1.165, 1.54) is 102 Å². The molecule has 0 aliphatic rings. The Hall–Kier alpha value is 0. The van der Waals surface area contributed by atoms with Crippen molar-refractivity contribution < 1.29 is 61.7 Å². The minimum absolute atomic E-state index is 0. The third kappa shape index (κ3) is 32.0. The molecule has 0 aromatic rings. The first-order valence-electron chi connectivity index (χ1n) is 17.5. The molecule has 0 saturated carbocycles. The topological polar surface area (TPSA) is 136 Å². The molecule has 0 bridgehead atoms. The summed E-state index contributed by atoms with van der Waals surface area (Å²) in [5.74, 6) is 0.0672. The van der Waals surface area contributed by atoms with Crippen molar-refractivity contribution in [3.8, 4) is 0 Å². The van der Waals surface area contributed by atoms with E-state index in [0.717, 1.165) is 44.4 Å². The number of rotatable bonds is 31. The summed E-state index contributed by atoms with van der Waals surface area (Å²) in [4.78, 5) is 12.5. The van der Waals surface area contributed by atoms with Gasteiger partial charge in [-0.05, 0) is 25.2 Å². The minimum atomic E-state index is -4.99. The first kappa shape index (κ1) is 46.1. The third-order valence-corrected chi connectivity index (χ3v) is 8.43. The van der Waals surface area contributed by atoms with Gasteiger partial charge in [0.25, 0.3) is 0 Å². The predicted octanol–water partition coefficient (Wildman–Crippen LogP) is 4.88. The van der Waals surface area contributed by atoms with E-state index < -0.39 is 41.2 Å². The number of aliphatic hydroxyl groups excluding tert-OH is 2. The summed E-state index contributed by atoms with van der Waals surface area (Å²) in [7, 11) is -4.99. The normalized spacial score (nSPS) is 14.1. The van der Waals surface area contributed by atoms with Crippen molar-refractivity contribution >= 4 is 16.3 Å². The van der Waals surface area contributed by atoms with Crippen LogP contribution in [0.2, 0.25) is 0 Å². The Balaban J connectivity index is 0. The molecule has 8 nitrogen and oxygen atoms in total. The van der Waals surface area contributed by atoms with Crippen molar-refractivity contribution in [2.24, 2.45) is 5.92 Å². The van der Waals surface area contributed by atoms with Crippen LogP contribution in [0.3, 0.4) is 0 Å². The Labute approximate surface area is 293 Å². The zero-order valence-electron chi connectivity index (χ0n) is 28.8. The number of unbranched alkanes of at least 4 members (excludes halogenated alkanes) is 19. The summed E-state index contributed by atoms with van der Waals surface area (Å²) >= 11 is 0. The van der Waals surface area contributed by atoms with Crippen molar-refractivity contribution in [2.45, 2.75) is 187 Å². The number of carbonyl (C=O) groups is 1. The fourth-order valence-corrected chi connectivity index (χ4v) is 5.53. The summed E-state index contributed by atoms with van der Waals surface area (Å²) in [6.07, 6.45) is 26.9. The fraction of sp³-hybridized carbons (Fsp3) is 0.912. The molecule has 3 N–H and O–H groups in total. The number of carbonyl (C=O) groups excluding carboxylic acids is 1. The monoisotopic (exact) mass is 655 g/mol. The summed E-state index contributed by atoms with van der Waals surface area (Å²) < 4.78 is 37.2. The first-order chi connectivity index (χ1) is 20.6. The van der Waals surface area contributed by atoms with Crippen molar-refractivity contribution in [3.05, 3.63) is 12.2 Å². The number of allylic oxidation sites excluding steroid dienone is 1. The summed E-state index contributed by atoms with van der Waals surface area (Å²) in [6, 6.07) is -1.17. The SMILES string of the molecule is CCCCCCCCCCCCC/C=C/C(O)C(COS(=O)(=O)[O-])NC(=O)C(O)CCCCCCCCCCCC(C)C.[Na+]. The molecule has 0 aliphatic heterocycles. The zero-order valence-corrected chi connectivity index (χ0v) is 31.6. The molecule has 10 heteroatoms. The second kappa shape index (κ2) is 31.6. The number of aliphatic hydroxyl groups is 2. The fourth-order valence-electron chi connectivity index (χ4n) is 5.22. The van der Waals surface area contributed by atoms with Gasteiger partial charge in [0, 0.05) is 0 Å². The number of nitrogens with one attached hydrogen (secondary N) is 1. The second-order valence-electron chi connectivity index (χ2n) is 12.7. The number of amides is 1. The van der Waals surface area contributed by atoms with Gasteiger partial charge in [0.1, 0.15) is 6.10 Å². The Bertz CT molecular complexity index is 780. The van der Waals surface area contributed by atoms with Gasteiger partial charge in [-0.25, -0.2) is 8.42 Å². The van der Waals surface area contributed by atoms with E-state index in [1.54, 1.807) is 6.08 Å². The third-order valence-electron chi connectivity index (χ3n) is 8.00. The van der Waals surface area contributed by atoms with E-state index in [4.69, 9.17) is 0 Å². The molecule has 0 saturated heterocycles. The van der Waals surface area contributed by atoms with Gasteiger partial charge in [-0.1, -0.05) is 161 Å². The molecule has 1 amide bonds. The second-order valence-corrected chi connectivity index (χ2v) is 13.8. The van der Waals surface area contributed by atoms with Crippen molar-refractivity contribution in [2.75, 3.05) is 6.61 Å². The van der Waals surface area contributed by atoms with Gasteiger partial charge in [0.05, 0.1) is 18.8 Å². The molecular formula is C34H66NNaO7S. The molecule has 0 heterocycles. The number of hydrogen-bond donors (Lipinski definition) is 3. The smallest absolute Gasteiger partial charge is 0.726 e. The summed E-state index contributed by atoms with van der Waals surface area (Å²) in [5.41, 5.74) is 0. The number of hydrogen-bond acceptors (Lipinski definition) is 7. The molecule has 0 radical (unpaired) electrons. The van der Waals surface area contributed by atoms with Gasteiger partial charge >= 0.3 is 29.6 Å². The van der Waals surface area contributed by atoms with Crippen LogP contribution >= 0.6 is 0 Å². The van der Waals surface area contributed by atoms with Gasteiger partial charge in [-0.15, -0.1) is 0 Å². The quantitative estimate of drug-likeness (QED) is 0.0319. The van der Waals surface area contributed by atoms with Gasteiger partial charge in [0.2, 0.25) is 16.3 Å². The maximum atomic E-state index is 12.5. The standard InChI is InChI=1S/C34H67NO7S.Na/c1-4-5-6-7-8-9-10-11-12-15-18-21-24-27-32(36)31(29-42-43(39,40)41)35-34(38)33(37)28-25-22-19-16-13-14-17-20-23-26-30(2)3;/h24,27,30-33,36-37H,4-23,25-26,28-29H2,1-3H3,(H,35,38)(H,39,40,41);/q;+1/p-1/b27-24+;. The molecule has 44 heavy (non-hydrogen) atoms. The molecule has 0 fully saturated rings. The first-order valence-corrected chi connectivity index (χ1v) is 18.8. The van der Waals surface area contributed by atoms with Crippen molar-refractivity contribution in [1.82, 2.24) is 5.32 Å². The van der Waals surface area contributed by atoms with Crippen LogP contribution in [0, 0.1) is 5.92 Å².